The summed E-state index contributed by atoms with van der Waals surface area (Å²) in [5, 5.41) is 0. The van der Waals surface area contributed by atoms with Gasteiger partial charge in [-0.2, -0.15) is 4.99 Å². The average molecular weight is 341 g/mol. The summed E-state index contributed by atoms with van der Waals surface area (Å²) in [6.45, 7) is 0.476. The van der Waals surface area contributed by atoms with Gasteiger partial charge in [-0.05, 0) is 31.1 Å². The molecule has 2 heterocycles. The summed E-state index contributed by atoms with van der Waals surface area (Å²) >= 11 is 0. The van der Waals surface area contributed by atoms with Crippen molar-refractivity contribution in [3.05, 3.63) is 23.8 Å². The number of hydrogen-bond donors (Lipinski definition) is 0. The Bertz CT molecular complexity index is 748. The van der Waals surface area contributed by atoms with E-state index in [1.165, 1.54) is 16.5 Å². The lowest BCUT2D eigenvalue weighted by molar-refractivity contribution is -0.126. The number of carbonyl (C=O) groups is 2. The van der Waals surface area contributed by atoms with Gasteiger partial charge in [-0.3, -0.25) is 9.69 Å². The van der Waals surface area contributed by atoms with Crippen molar-refractivity contribution in [2.45, 2.75) is 25.1 Å². The minimum atomic E-state index is -3.29. The van der Waals surface area contributed by atoms with Gasteiger partial charge in [0.25, 0.3) is 5.91 Å². The van der Waals surface area contributed by atoms with Crippen molar-refractivity contribution < 1.29 is 22.4 Å². The highest BCUT2D eigenvalue weighted by Crippen LogP contribution is 2.26. The Morgan fingerprint density at radius 2 is 1.91 bits per heavy atom. The van der Waals surface area contributed by atoms with Crippen LogP contribution in [0.15, 0.2) is 28.8 Å². The van der Waals surface area contributed by atoms with Gasteiger partial charge in [-0.1, -0.05) is 0 Å². The van der Waals surface area contributed by atoms with E-state index in [1.807, 2.05) is 0 Å². The lowest BCUT2D eigenvalue weighted by Gasteiger charge is -2.37. The number of rotatable bonds is 2. The van der Waals surface area contributed by atoms with Gasteiger partial charge in [0.2, 0.25) is 10.0 Å². The summed E-state index contributed by atoms with van der Waals surface area (Å²) in [4.78, 5) is 29.5. The van der Waals surface area contributed by atoms with E-state index in [0.717, 1.165) is 17.2 Å². The third-order valence-electron chi connectivity index (χ3n) is 4.17. The first-order valence-corrected chi connectivity index (χ1v) is 9.08. The van der Waals surface area contributed by atoms with E-state index in [1.54, 1.807) is 0 Å². The molecule has 0 spiro atoms. The number of fused-ring (bicyclic) bond motifs is 1. The standard InChI is InChI=1S/C14H16FN3O4S/c1-23(21,22)17-6-4-10(5-7-17)18-13(19)11-8-9(15)2-3-12(11)16-14(18)20/h2-3,8-10H,4-7H2,1H3. The van der Waals surface area contributed by atoms with Crippen LogP contribution in [0.2, 0.25) is 0 Å². The molecule has 3 amide bonds. The van der Waals surface area contributed by atoms with Crippen LogP contribution < -0.4 is 0 Å². The number of imide groups is 1. The Hall–Kier alpha value is -1.87. The summed E-state index contributed by atoms with van der Waals surface area (Å²) in [5.41, 5.74) is 0.267. The second-order valence-corrected chi connectivity index (χ2v) is 7.71. The molecule has 0 aromatic rings. The van der Waals surface area contributed by atoms with Crippen LogP contribution in [0.3, 0.4) is 0 Å². The molecule has 0 radical (unpaired) electrons. The van der Waals surface area contributed by atoms with Crippen LogP contribution in [0.1, 0.15) is 12.8 Å². The maximum Gasteiger partial charge on any atom is 0.351 e. The molecule has 0 saturated carbocycles. The first kappa shape index (κ1) is 16.0. The molecule has 1 aliphatic carbocycles. The Morgan fingerprint density at radius 3 is 2.52 bits per heavy atom. The highest BCUT2D eigenvalue weighted by Gasteiger charge is 2.40. The van der Waals surface area contributed by atoms with Crippen LogP contribution in [0.4, 0.5) is 9.18 Å². The second kappa shape index (κ2) is 5.64. The fourth-order valence-electron chi connectivity index (χ4n) is 2.98. The van der Waals surface area contributed by atoms with Crippen LogP contribution in [-0.4, -0.2) is 66.8 Å². The average Bonchev–Trinajstić information content (AvgIpc) is 2.48. The molecule has 0 N–H and O–H groups in total. The van der Waals surface area contributed by atoms with Crippen molar-refractivity contribution in [3.8, 4) is 0 Å². The van der Waals surface area contributed by atoms with Gasteiger partial charge in [0.1, 0.15) is 6.17 Å². The number of sulfonamides is 1. The third kappa shape index (κ3) is 2.98. The molecule has 1 saturated heterocycles. The molecule has 3 rings (SSSR count). The first-order chi connectivity index (χ1) is 10.8. The summed E-state index contributed by atoms with van der Waals surface area (Å²) in [6, 6.07) is -1.11. The van der Waals surface area contributed by atoms with Gasteiger partial charge >= 0.3 is 6.03 Å². The van der Waals surface area contributed by atoms with E-state index in [4.69, 9.17) is 0 Å². The van der Waals surface area contributed by atoms with Crippen LogP contribution in [-0.2, 0) is 14.8 Å². The maximum atomic E-state index is 13.4. The minimum Gasteiger partial charge on any atom is -0.268 e. The Morgan fingerprint density at radius 1 is 1.26 bits per heavy atom. The molecule has 0 aromatic heterocycles. The fraction of sp³-hybridized carbons (Fsp3) is 0.500. The summed E-state index contributed by atoms with van der Waals surface area (Å²) in [6.07, 6.45) is 4.14. The van der Waals surface area contributed by atoms with Gasteiger partial charge in [0.05, 0.1) is 17.5 Å². The zero-order valence-electron chi connectivity index (χ0n) is 12.5. The molecular weight excluding hydrogens is 325 g/mol. The molecular formula is C14H16FN3O4S. The normalized spacial score (nSPS) is 26.9. The fourth-order valence-corrected chi connectivity index (χ4v) is 3.85. The van der Waals surface area contributed by atoms with E-state index < -0.39 is 34.2 Å². The number of nitrogens with zero attached hydrogens (tertiary/aromatic N) is 3. The quantitative estimate of drug-likeness (QED) is 0.738. The molecule has 1 fully saturated rings. The number of hydrogen-bond acceptors (Lipinski definition) is 4. The largest absolute Gasteiger partial charge is 0.351 e. The van der Waals surface area contributed by atoms with Crippen LogP contribution in [0, 0.1) is 0 Å². The van der Waals surface area contributed by atoms with Gasteiger partial charge in [0.15, 0.2) is 0 Å². The summed E-state index contributed by atoms with van der Waals surface area (Å²) in [7, 11) is -3.29. The van der Waals surface area contributed by atoms with Gasteiger partial charge in [0, 0.05) is 19.1 Å². The summed E-state index contributed by atoms with van der Waals surface area (Å²) < 4.78 is 37.8. The van der Waals surface area contributed by atoms with Crippen LogP contribution >= 0.6 is 0 Å². The predicted octanol–water partition coefficient (Wildman–Crippen LogP) is 0.648. The molecule has 2 aliphatic heterocycles. The summed E-state index contributed by atoms with van der Waals surface area (Å²) in [5.74, 6) is -0.565. The van der Waals surface area contributed by atoms with Crippen molar-refractivity contribution >= 4 is 27.7 Å². The van der Waals surface area contributed by atoms with Crippen LogP contribution in [0.25, 0.3) is 0 Å². The van der Waals surface area contributed by atoms with E-state index in [0.29, 0.717) is 12.8 Å². The molecule has 1 unspecified atom stereocenters. The number of aliphatic imine (C=N–C) groups is 1. The van der Waals surface area contributed by atoms with E-state index in [-0.39, 0.29) is 24.4 Å². The van der Waals surface area contributed by atoms with Gasteiger partial charge in [-0.15, -0.1) is 0 Å². The third-order valence-corrected chi connectivity index (χ3v) is 5.47. The SMILES string of the molecule is CS(=O)(=O)N1CCC(N2C(=O)N=C3C=CC(F)C=C3C2=O)CC1. The molecule has 0 aromatic carbocycles. The second-order valence-electron chi connectivity index (χ2n) is 5.73. The van der Waals surface area contributed by atoms with Crippen molar-refractivity contribution in [2.75, 3.05) is 19.3 Å². The minimum absolute atomic E-state index is 0.0881. The Kier molecular flexibility index (Phi) is 3.93. The van der Waals surface area contributed by atoms with Crippen molar-refractivity contribution in [2.24, 2.45) is 4.99 Å². The highest BCUT2D eigenvalue weighted by molar-refractivity contribution is 7.88. The van der Waals surface area contributed by atoms with E-state index in [2.05, 4.69) is 4.99 Å². The number of amides is 3. The Labute approximate surface area is 133 Å². The van der Waals surface area contributed by atoms with Crippen molar-refractivity contribution in [3.63, 3.8) is 0 Å². The number of carbonyl (C=O) groups excluding carboxylic acids is 2. The smallest absolute Gasteiger partial charge is 0.268 e. The maximum absolute atomic E-state index is 13.4. The van der Waals surface area contributed by atoms with E-state index >= 15 is 0 Å². The lowest BCUT2D eigenvalue weighted by Crippen LogP contribution is -2.53. The predicted molar refractivity (Wildman–Crippen MR) is 81.2 cm³/mol. The Balaban J connectivity index is 1.81. The molecule has 0 bridgehead atoms. The topological polar surface area (TPSA) is 87.1 Å². The monoisotopic (exact) mass is 341 g/mol. The number of alkyl halides is 1. The zero-order chi connectivity index (χ0) is 16.8. The van der Waals surface area contributed by atoms with Gasteiger partial charge in [-0.25, -0.2) is 21.9 Å². The number of allylic oxidation sites excluding steroid dienone is 3. The molecule has 1 atom stereocenters. The zero-order valence-corrected chi connectivity index (χ0v) is 13.3. The van der Waals surface area contributed by atoms with Crippen LogP contribution in [0.5, 0.6) is 0 Å². The molecule has 9 heteroatoms. The number of urea groups is 1. The molecule has 7 nitrogen and oxygen atoms in total. The molecule has 124 valence electrons. The number of piperidine rings is 1. The van der Waals surface area contributed by atoms with E-state index in [9.17, 15) is 22.4 Å². The molecule has 23 heavy (non-hydrogen) atoms. The van der Waals surface area contributed by atoms with Gasteiger partial charge < -0.3 is 0 Å². The number of halogens is 1. The first-order valence-electron chi connectivity index (χ1n) is 7.23. The highest BCUT2D eigenvalue weighted by atomic mass is 32.2. The lowest BCUT2D eigenvalue weighted by atomic mass is 9.97. The molecule has 3 aliphatic rings. The van der Waals surface area contributed by atoms with Crippen molar-refractivity contribution in [1.29, 1.82) is 0 Å². The van der Waals surface area contributed by atoms with Crippen molar-refractivity contribution in [1.82, 2.24) is 9.21 Å².